The third-order valence-corrected chi connectivity index (χ3v) is 2.17. The van der Waals surface area contributed by atoms with E-state index in [1.54, 1.807) is 0 Å². The van der Waals surface area contributed by atoms with E-state index in [9.17, 15) is 15.0 Å². The number of nitriles is 1. The lowest BCUT2D eigenvalue weighted by Crippen LogP contribution is -2.30. The van der Waals surface area contributed by atoms with E-state index in [2.05, 4.69) is 0 Å². The first-order chi connectivity index (χ1) is 7.60. The minimum absolute atomic E-state index is 0.313. The summed E-state index contributed by atoms with van der Waals surface area (Å²) in [6.07, 6.45) is -3.05. The molecule has 0 aliphatic rings. The Bertz CT molecular complexity index is 407. The molecule has 5 nitrogen and oxygen atoms in total. The number of hydrogen-bond donors (Lipinski definition) is 3. The fourth-order valence-electron chi connectivity index (χ4n) is 1.21. The molecular formula is C11H11NO4. The molecular weight excluding hydrogens is 210 g/mol. The Morgan fingerprint density at radius 2 is 1.88 bits per heavy atom. The fraction of sp³-hybridized carbons (Fsp3) is 0.273. The number of aliphatic hydroxyl groups excluding tert-OH is 3. The maximum atomic E-state index is 10.9. The van der Waals surface area contributed by atoms with Crippen molar-refractivity contribution in [3.05, 3.63) is 35.4 Å². The Morgan fingerprint density at radius 1 is 1.31 bits per heavy atom. The maximum absolute atomic E-state index is 10.9. The van der Waals surface area contributed by atoms with Crippen molar-refractivity contribution < 1.29 is 20.1 Å². The molecule has 0 unspecified atom stereocenters. The van der Waals surface area contributed by atoms with Gasteiger partial charge in [0.05, 0.1) is 11.6 Å². The van der Waals surface area contributed by atoms with Crippen LogP contribution in [-0.2, 0) is 4.79 Å². The number of Topliss-reactive ketones (excluding diaryl/α,β-unsaturated/α-hetero) is 1. The van der Waals surface area contributed by atoms with Crippen LogP contribution in [0.3, 0.4) is 0 Å². The second kappa shape index (κ2) is 5.37. The van der Waals surface area contributed by atoms with Gasteiger partial charge in [-0.05, 0) is 17.7 Å². The number of nitrogens with zero attached hydrogens (tertiary/aromatic N) is 1. The molecule has 84 valence electrons. The van der Waals surface area contributed by atoms with E-state index >= 15 is 0 Å². The Kier molecular flexibility index (Phi) is 4.14. The lowest BCUT2D eigenvalue weighted by atomic mass is 10.0. The predicted molar refractivity (Wildman–Crippen MR) is 54.2 cm³/mol. The summed E-state index contributed by atoms with van der Waals surface area (Å²) in [4.78, 5) is 10.9. The quantitative estimate of drug-likeness (QED) is 0.637. The van der Waals surface area contributed by atoms with Crippen molar-refractivity contribution in [1.29, 1.82) is 5.26 Å². The molecule has 0 spiro atoms. The van der Waals surface area contributed by atoms with Gasteiger partial charge in [-0.1, -0.05) is 12.1 Å². The number of ketones is 1. The Hall–Kier alpha value is -1.74. The van der Waals surface area contributed by atoms with Crippen molar-refractivity contribution >= 4 is 5.78 Å². The van der Waals surface area contributed by atoms with E-state index < -0.39 is 24.6 Å². The molecule has 2 atom stereocenters. The zero-order valence-corrected chi connectivity index (χ0v) is 8.37. The highest BCUT2D eigenvalue weighted by Crippen LogP contribution is 2.17. The van der Waals surface area contributed by atoms with Crippen LogP contribution in [0.5, 0.6) is 0 Å². The number of benzene rings is 1. The first-order valence-electron chi connectivity index (χ1n) is 4.60. The second-order valence-electron chi connectivity index (χ2n) is 3.25. The van der Waals surface area contributed by atoms with Crippen molar-refractivity contribution in [1.82, 2.24) is 0 Å². The SMILES string of the molecule is N#Cc1ccc([C@@H](O)[C@H](O)C(=O)CO)cc1. The van der Waals surface area contributed by atoms with Crippen LogP contribution >= 0.6 is 0 Å². The molecule has 0 amide bonds. The summed E-state index contributed by atoms with van der Waals surface area (Å²) in [6, 6.07) is 7.72. The van der Waals surface area contributed by atoms with Crippen LogP contribution in [0.4, 0.5) is 0 Å². The molecule has 0 aliphatic heterocycles. The molecule has 0 saturated carbocycles. The average molecular weight is 221 g/mol. The van der Waals surface area contributed by atoms with Crippen LogP contribution in [-0.4, -0.2) is 33.8 Å². The minimum Gasteiger partial charge on any atom is -0.388 e. The summed E-state index contributed by atoms with van der Waals surface area (Å²) in [5, 5.41) is 36.0. The zero-order valence-electron chi connectivity index (χ0n) is 8.37. The summed E-state index contributed by atoms with van der Waals surface area (Å²) in [6.45, 7) is -0.825. The van der Waals surface area contributed by atoms with Gasteiger partial charge in [0.1, 0.15) is 18.8 Å². The molecule has 1 rings (SSSR count). The normalized spacial score (nSPS) is 13.9. The van der Waals surface area contributed by atoms with Gasteiger partial charge in [-0.3, -0.25) is 4.79 Å². The molecule has 5 heteroatoms. The van der Waals surface area contributed by atoms with Gasteiger partial charge in [0.15, 0.2) is 5.78 Å². The zero-order chi connectivity index (χ0) is 12.1. The van der Waals surface area contributed by atoms with Crippen molar-refractivity contribution in [2.75, 3.05) is 6.61 Å². The standard InChI is InChI=1S/C11H11NO4/c12-5-7-1-3-8(4-2-7)10(15)11(16)9(14)6-13/h1-4,10-11,13,15-16H,6H2/t10-,11-/m1/s1. The smallest absolute Gasteiger partial charge is 0.189 e. The molecule has 0 saturated heterocycles. The summed E-state index contributed by atoms with van der Waals surface area (Å²) >= 11 is 0. The van der Waals surface area contributed by atoms with E-state index in [0.29, 0.717) is 11.1 Å². The van der Waals surface area contributed by atoms with Gasteiger partial charge in [0.2, 0.25) is 0 Å². The lowest BCUT2D eigenvalue weighted by molar-refractivity contribution is -0.135. The average Bonchev–Trinajstić information content (AvgIpc) is 2.36. The number of hydrogen-bond acceptors (Lipinski definition) is 5. The molecule has 16 heavy (non-hydrogen) atoms. The molecule has 1 aromatic carbocycles. The topological polar surface area (TPSA) is 102 Å². The van der Waals surface area contributed by atoms with Crippen molar-refractivity contribution in [3.63, 3.8) is 0 Å². The van der Waals surface area contributed by atoms with Gasteiger partial charge < -0.3 is 15.3 Å². The Labute approximate surface area is 92.2 Å². The van der Waals surface area contributed by atoms with Gasteiger partial charge in [0, 0.05) is 0 Å². The van der Waals surface area contributed by atoms with Gasteiger partial charge >= 0.3 is 0 Å². The minimum atomic E-state index is -1.65. The monoisotopic (exact) mass is 221 g/mol. The van der Waals surface area contributed by atoms with Crippen LogP contribution in [0, 0.1) is 11.3 Å². The van der Waals surface area contributed by atoms with Crippen molar-refractivity contribution in [2.45, 2.75) is 12.2 Å². The number of aliphatic hydroxyl groups is 3. The van der Waals surface area contributed by atoms with Crippen LogP contribution in [0.25, 0.3) is 0 Å². The van der Waals surface area contributed by atoms with Gasteiger partial charge in [-0.15, -0.1) is 0 Å². The van der Waals surface area contributed by atoms with Gasteiger partial charge in [-0.25, -0.2) is 0 Å². The molecule has 0 aliphatic carbocycles. The van der Waals surface area contributed by atoms with Crippen LogP contribution in [0.15, 0.2) is 24.3 Å². The summed E-state index contributed by atoms with van der Waals surface area (Å²) in [5.41, 5.74) is 0.729. The number of carbonyl (C=O) groups excluding carboxylic acids is 1. The molecule has 0 heterocycles. The largest absolute Gasteiger partial charge is 0.388 e. The maximum Gasteiger partial charge on any atom is 0.189 e. The lowest BCUT2D eigenvalue weighted by Gasteiger charge is -2.15. The second-order valence-corrected chi connectivity index (χ2v) is 3.25. The predicted octanol–water partition coefficient (Wildman–Crippen LogP) is -0.486. The fourth-order valence-corrected chi connectivity index (χ4v) is 1.21. The summed E-state index contributed by atoms with van der Waals surface area (Å²) in [7, 11) is 0. The van der Waals surface area contributed by atoms with Crippen LogP contribution < -0.4 is 0 Å². The molecule has 0 radical (unpaired) electrons. The van der Waals surface area contributed by atoms with Crippen molar-refractivity contribution in [2.24, 2.45) is 0 Å². The highest BCUT2D eigenvalue weighted by molar-refractivity contribution is 5.84. The molecule has 0 bridgehead atoms. The molecule has 3 N–H and O–H groups in total. The number of rotatable bonds is 4. The van der Waals surface area contributed by atoms with Gasteiger partial charge in [-0.2, -0.15) is 5.26 Å². The highest BCUT2D eigenvalue weighted by Gasteiger charge is 2.24. The Morgan fingerprint density at radius 3 is 2.31 bits per heavy atom. The molecule has 0 aromatic heterocycles. The van der Waals surface area contributed by atoms with E-state index in [1.165, 1.54) is 24.3 Å². The van der Waals surface area contributed by atoms with Crippen molar-refractivity contribution in [3.8, 4) is 6.07 Å². The Balaban J connectivity index is 2.84. The highest BCUT2D eigenvalue weighted by atomic mass is 16.3. The first kappa shape index (κ1) is 12.3. The molecule has 1 aromatic rings. The van der Waals surface area contributed by atoms with Crippen LogP contribution in [0.1, 0.15) is 17.2 Å². The summed E-state index contributed by atoms with van der Waals surface area (Å²) in [5.74, 6) is -0.850. The van der Waals surface area contributed by atoms with E-state index in [4.69, 9.17) is 10.4 Å². The summed E-state index contributed by atoms with van der Waals surface area (Å²) < 4.78 is 0. The van der Waals surface area contributed by atoms with Gasteiger partial charge in [0.25, 0.3) is 0 Å². The van der Waals surface area contributed by atoms with E-state index in [0.717, 1.165) is 0 Å². The molecule has 0 fully saturated rings. The van der Waals surface area contributed by atoms with E-state index in [1.807, 2.05) is 6.07 Å². The number of carbonyl (C=O) groups is 1. The third-order valence-electron chi connectivity index (χ3n) is 2.17. The third kappa shape index (κ3) is 2.64. The van der Waals surface area contributed by atoms with E-state index in [-0.39, 0.29) is 0 Å². The first-order valence-corrected chi connectivity index (χ1v) is 4.60. The van der Waals surface area contributed by atoms with Crippen LogP contribution in [0.2, 0.25) is 0 Å².